The van der Waals surface area contributed by atoms with Crippen LogP contribution in [0.5, 0.6) is 0 Å². The third-order valence-electron chi connectivity index (χ3n) is 4.62. The first-order valence-corrected chi connectivity index (χ1v) is 9.98. The van der Waals surface area contributed by atoms with Crippen molar-refractivity contribution in [2.45, 2.75) is 13.0 Å². The standard InChI is InChI=1S/C21H17Cl2N5O2/c22-17-8-4-5-14(19(17)23)9-10-24-18(29)12-27-13-25-20-16(21(27)30)11-26-28(20)15-6-2-1-3-7-15/h1-8,11,13H,9-10,12H2,(H,24,29). The van der Waals surface area contributed by atoms with Crippen LogP contribution < -0.4 is 10.9 Å². The van der Waals surface area contributed by atoms with Crippen molar-refractivity contribution in [2.24, 2.45) is 0 Å². The van der Waals surface area contributed by atoms with Crippen LogP contribution in [-0.2, 0) is 17.8 Å². The number of nitrogens with one attached hydrogen (secondary N) is 1. The molecule has 7 nitrogen and oxygen atoms in total. The Morgan fingerprint density at radius 1 is 1.07 bits per heavy atom. The van der Waals surface area contributed by atoms with Gasteiger partial charge in [0.2, 0.25) is 5.91 Å². The second-order valence-electron chi connectivity index (χ2n) is 6.62. The summed E-state index contributed by atoms with van der Waals surface area (Å²) in [5.41, 5.74) is 1.77. The van der Waals surface area contributed by atoms with Crippen LogP contribution in [0.4, 0.5) is 0 Å². The predicted octanol–water partition coefficient (Wildman–Crippen LogP) is 3.25. The molecule has 0 atom stereocenters. The molecule has 0 bridgehead atoms. The summed E-state index contributed by atoms with van der Waals surface area (Å²) in [6.07, 6.45) is 3.35. The zero-order valence-electron chi connectivity index (χ0n) is 15.8. The molecule has 2 aromatic heterocycles. The van der Waals surface area contributed by atoms with E-state index < -0.39 is 0 Å². The Kier molecular flexibility index (Phi) is 5.83. The summed E-state index contributed by atoms with van der Waals surface area (Å²) >= 11 is 12.2. The minimum absolute atomic E-state index is 0.137. The number of hydrogen-bond donors (Lipinski definition) is 1. The summed E-state index contributed by atoms with van der Waals surface area (Å²) in [5, 5.41) is 8.35. The maximum Gasteiger partial charge on any atom is 0.264 e. The number of fused-ring (bicyclic) bond motifs is 1. The van der Waals surface area contributed by atoms with Gasteiger partial charge < -0.3 is 5.32 Å². The normalized spacial score (nSPS) is 11.0. The van der Waals surface area contributed by atoms with Crippen LogP contribution in [0.1, 0.15) is 5.56 Å². The lowest BCUT2D eigenvalue weighted by atomic mass is 10.1. The average Bonchev–Trinajstić information content (AvgIpc) is 3.19. The number of carbonyl (C=O) groups is 1. The van der Waals surface area contributed by atoms with Gasteiger partial charge >= 0.3 is 0 Å². The van der Waals surface area contributed by atoms with Crippen molar-refractivity contribution in [3.05, 3.63) is 87.0 Å². The van der Waals surface area contributed by atoms with Gasteiger partial charge in [-0.2, -0.15) is 5.10 Å². The van der Waals surface area contributed by atoms with Crippen molar-refractivity contribution in [3.63, 3.8) is 0 Å². The topological polar surface area (TPSA) is 81.8 Å². The monoisotopic (exact) mass is 441 g/mol. The maximum absolute atomic E-state index is 12.7. The van der Waals surface area contributed by atoms with E-state index in [-0.39, 0.29) is 18.0 Å². The Balaban J connectivity index is 1.45. The molecule has 30 heavy (non-hydrogen) atoms. The molecule has 0 spiro atoms. The summed E-state index contributed by atoms with van der Waals surface area (Å²) in [7, 11) is 0. The Bertz CT molecular complexity index is 1270. The van der Waals surface area contributed by atoms with Gasteiger partial charge in [-0.15, -0.1) is 0 Å². The first-order valence-electron chi connectivity index (χ1n) is 9.23. The molecular formula is C21H17Cl2N5O2. The number of rotatable bonds is 6. The van der Waals surface area contributed by atoms with Crippen molar-refractivity contribution in [3.8, 4) is 5.69 Å². The van der Waals surface area contributed by atoms with Crippen molar-refractivity contribution in [1.29, 1.82) is 0 Å². The van der Waals surface area contributed by atoms with Gasteiger partial charge in [0.1, 0.15) is 18.3 Å². The molecule has 0 aliphatic rings. The number of benzene rings is 2. The van der Waals surface area contributed by atoms with Crippen LogP contribution >= 0.6 is 23.2 Å². The van der Waals surface area contributed by atoms with E-state index in [0.717, 1.165) is 11.3 Å². The molecule has 2 heterocycles. The number of hydrogen-bond acceptors (Lipinski definition) is 4. The van der Waals surface area contributed by atoms with Gasteiger partial charge in [-0.25, -0.2) is 9.67 Å². The summed E-state index contributed by atoms with van der Waals surface area (Å²) < 4.78 is 2.86. The highest BCUT2D eigenvalue weighted by Gasteiger charge is 2.13. The van der Waals surface area contributed by atoms with Gasteiger partial charge in [0.15, 0.2) is 5.65 Å². The minimum atomic E-state index is -0.324. The van der Waals surface area contributed by atoms with Crippen LogP contribution in [0.3, 0.4) is 0 Å². The second kappa shape index (κ2) is 8.69. The van der Waals surface area contributed by atoms with Crippen LogP contribution in [0, 0.1) is 0 Å². The SMILES string of the molecule is O=C(Cn1cnc2c(cnn2-c2ccccc2)c1=O)NCCc1cccc(Cl)c1Cl. The van der Waals surface area contributed by atoms with Gasteiger partial charge in [-0.05, 0) is 30.2 Å². The smallest absolute Gasteiger partial charge is 0.264 e. The van der Waals surface area contributed by atoms with Crippen LogP contribution in [0.2, 0.25) is 10.0 Å². The van der Waals surface area contributed by atoms with E-state index in [0.29, 0.717) is 34.0 Å². The van der Waals surface area contributed by atoms with Gasteiger partial charge in [-0.3, -0.25) is 14.2 Å². The lowest BCUT2D eigenvalue weighted by Crippen LogP contribution is -2.33. The lowest BCUT2D eigenvalue weighted by Gasteiger charge is -2.09. The first-order chi connectivity index (χ1) is 14.5. The molecule has 0 saturated heterocycles. The van der Waals surface area contributed by atoms with Crippen molar-refractivity contribution in [1.82, 2.24) is 24.6 Å². The van der Waals surface area contributed by atoms with E-state index >= 15 is 0 Å². The Hall–Kier alpha value is -3.16. The van der Waals surface area contributed by atoms with Gasteiger partial charge in [0, 0.05) is 6.54 Å². The van der Waals surface area contributed by atoms with E-state index in [1.807, 2.05) is 36.4 Å². The van der Waals surface area contributed by atoms with Gasteiger partial charge in [0.05, 0.1) is 21.9 Å². The first kappa shape index (κ1) is 20.1. The molecule has 0 aliphatic heterocycles. The number of para-hydroxylation sites is 1. The number of halogens is 2. The zero-order chi connectivity index (χ0) is 21.1. The summed E-state index contributed by atoms with van der Waals surface area (Å²) in [4.78, 5) is 29.4. The van der Waals surface area contributed by atoms with Crippen molar-refractivity contribution < 1.29 is 4.79 Å². The quantitative estimate of drug-likeness (QED) is 0.497. The zero-order valence-corrected chi connectivity index (χ0v) is 17.3. The molecule has 4 aromatic rings. The van der Waals surface area contributed by atoms with Crippen molar-refractivity contribution in [2.75, 3.05) is 6.54 Å². The number of amides is 1. The molecule has 0 radical (unpaired) electrons. The van der Waals surface area contributed by atoms with E-state index in [4.69, 9.17) is 23.2 Å². The van der Waals surface area contributed by atoms with Crippen LogP contribution in [0.25, 0.3) is 16.7 Å². The second-order valence-corrected chi connectivity index (χ2v) is 7.40. The number of aromatic nitrogens is 4. The van der Waals surface area contributed by atoms with Crippen LogP contribution in [-0.4, -0.2) is 31.8 Å². The van der Waals surface area contributed by atoms with Crippen LogP contribution in [0.15, 0.2) is 65.8 Å². The number of nitrogens with zero attached hydrogens (tertiary/aromatic N) is 4. The molecule has 0 saturated carbocycles. The van der Waals surface area contributed by atoms with Gasteiger partial charge in [0.25, 0.3) is 5.56 Å². The highest BCUT2D eigenvalue weighted by molar-refractivity contribution is 6.42. The van der Waals surface area contributed by atoms with E-state index in [1.165, 1.54) is 17.1 Å². The fourth-order valence-corrected chi connectivity index (χ4v) is 3.52. The minimum Gasteiger partial charge on any atom is -0.354 e. The average molecular weight is 442 g/mol. The molecule has 152 valence electrons. The largest absolute Gasteiger partial charge is 0.354 e. The third kappa shape index (κ3) is 4.08. The molecule has 4 rings (SSSR count). The molecule has 0 aliphatic carbocycles. The summed E-state index contributed by atoms with van der Waals surface area (Å²) in [6.45, 7) is 0.233. The third-order valence-corrected chi connectivity index (χ3v) is 5.48. The molecule has 0 unspecified atom stereocenters. The molecule has 0 fully saturated rings. The van der Waals surface area contributed by atoms with E-state index in [9.17, 15) is 9.59 Å². The highest BCUT2D eigenvalue weighted by Crippen LogP contribution is 2.25. The fourth-order valence-electron chi connectivity index (χ4n) is 3.11. The fraction of sp³-hybridized carbons (Fsp3) is 0.143. The Morgan fingerprint density at radius 3 is 2.67 bits per heavy atom. The number of carbonyl (C=O) groups excluding carboxylic acids is 1. The molecule has 1 N–H and O–H groups in total. The highest BCUT2D eigenvalue weighted by atomic mass is 35.5. The molecular weight excluding hydrogens is 425 g/mol. The molecule has 2 aromatic carbocycles. The Labute approximate surface area is 181 Å². The van der Waals surface area contributed by atoms with E-state index in [1.54, 1.807) is 16.8 Å². The summed E-state index contributed by atoms with van der Waals surface area (Å²) in [6, 6.07) is 14.8. The molecule has 1 amide bonds. The summed E-state index contributed by atoms with van der Waals surface area (Å²) in [5.74, 6) is -0.299. The van der Waals surface area contributed by atoms with Crippen molar-refractivity contribution >= 4 is 40.1 Å². The predicted molar refractivity (Wildman–Crippen MR) is 116 cm³/mol. The maximum atomic E-state index is 12.7. The van der Waals surface area contributed by atoms with E-state index in [2.05, 4.69) is 15.4 Å². The molecule has 9 heteroatoms. The van der Waals surface area contributed by atoms with Gasteiger partial charge in [-0.1, -0.05) is 53.5 Å². The lowest BCUT2D eigenvalue weighted by molar-refractivity contribution is -0.121. The Morgan fingerprint density at radius 2 is 1.87 bits per heavy atom.